The van der Waals surface area contributed by atoms with E-state index in [2.05, 4.69) is 51.2 Å². The molecule has 0 bridgehead atoms. The van der Waals surface area contributed by atoms with Gasteiger partial charge in [0.25, 0.3) is 0 Å². The molecule has 1 fully saturated rings. The Morgan fingerprint density at radius 2 is 1.90 bits per heavy atom. The van der Waals surface area contributed by atoms with Gasteiger partial charge in [0.15, 0.2) is 0 Å². The van der Waals surface area contributed by atoms with Crippen molar-refractivity contribution in [3.63, 3.8) is 0 Å². The van der Waals surface area contributed by atoms with Gasteiger partial charge in [0.1, 0.15) is 10.0 Å². The number of rotatable bonds is 3. The molecule has 0 atom stereocenters. The van der Waals surface area contributed by atoms with Gasteiger partial charge in [0, 0.05) is 31.9 Å². The van der Waals surface area contributed by atoms with Crippen LogP contribution in [0.1, 0.15) is 15.6 Å². The van der Waals surface area contributed by atoms with Gasteiger partial charge in [-0.25, -0.2) is 0 Å². The summed E-state index contributed by atoms with van der Waals surface area (Å²) in [6, 6.07) is 8.76. The lowest BCUT2D eigenvalue weighted by Crippen LogP contribution is -2.45. The van der Waals surface area contributed by atoms with Crippen LogP contribution in [0.25, 0.3) is 0 Å². The molecule has 4 nitrogen and oxygen atoms in total. The van der Waals surface area contributed by atoms with Gasteiger partial charge in [-0.05, 0) is 31.5 Å². The minimum atomic E-state index is 0.938. The van der Waals surface area contributed by atoms with E-state index in [9.17, 15) is 0 Å². The summed E-state index contributed by atoms with van der Waals surface area (Å²) >= 11 is 1.70. The fraction of sp³-hybridized carbons (Fsp3) is 0.467. The lowest BCUT2D eigenvalue weighted by atomic mass is 10.2. The maximum absolute atomic E-state index is 4.21. The maximum atomic E-state index is 4.21. The Labute approximate surface area is 124 Å². The van der Waals surface area contributed by atoms with Crippen LogP contribution in [0.4, 0.5) is 5.69 Å². The van der Waals surface area contributed by atoms with Gasteiger partial charge in [-0.2, -0.15) is 0 Å². The minimum Gasteiger partial charge on any atom is -0.369 e. The number of nitrogens with zero attached hydrogens (tertiary/aromatic N) is 4. The predicted molar refractivity (Wildman–Crippen MR) is 83.3 cm³/mol. The summed E-state index contributed by atoms with van der Waals surface area (Å²) < 4.78 is 0. The molecule has 5 heteroatoms. The van der Waals surface area contributed by atoms with E-state index in [-0.39, 0.29) is 0 Å². The molecule has 1 aliphatic rings. The number of benzene rings is 1. The summed E-state index contributed by atoms with van der Waals surface area (Å²) in [6.07, 6.45) is 0. The van der Waals surface area contributed by atoms with Crippen molar-refractivity contribution in [3.05, 3.63) is 39.8 Å². The van der Waals surface area contributed by atoms with Gasteiger partial charge in [-0.3, -0.25) is 4.90 Å². The molecule has 0 radical (unpaired) electrons. The Morgan fingerprint density at radius 3 is 2.55 bits per heavy atom. The molecule has 0 N–H and O–H groups in total. The zero-order chi connectivity index (χ0) is 13.9. The Morgan fingerprint density at radius 1 is 1.10 bits per heavy atom. The molecule has 0 unspecified atom stereocenters. The third-order valence-corrected chi connectivity index (χ3v) is 4.49. The molecule has 2 heterocycles. The number of aryl methyl sites for hydroxylation is 2. The van der Waals surface area contributed by atoms with Crippen LogP contribution in [0.3, 0.4) is 0 Å². The molecule has 0 aliphatic carbocycles. The van der Waals surface area contributed by atoms with Crippen LogP contribution in [-0.4, -0.2) is 41.3 Å². The molecule has 1 aromatic heterocycles. The molecule has 106 valence electrons. The van der Waals surface area contributed by atoms with E-state index in [0.717, 1.165) is 42.7 Å². The van der Waals surface area contributed by atoms with Gasteiger partial charge in [0.2, 0.25) is 0 Å². The van der Waals surface area contributed by atoms with Crippen molar-refractivity contribution in [1.29, 1.82) is 0 Å². The van der Waals surface area contributed by atoms with Crippen molar-refractivity contribution in [2.24, 2.45) is 0 Å². The first kappa shape index (κ1) is 13.5. The zero-order valence-electron chi connectivity index (χ0n) is 12.0. The molecular formula is C15H20N4S. The predicted octanol–water partition coefficient (Wildman–Crippen LogP) is 2.48. The van der Waals surface area contributed by atoms with Crippen LogP contribution >= 0.6 is 11.3 Å². The lowest BCUT2D eigenvalue weighted by Gasteiger charge is -2.35. The van der Waals surface area contributed by atoms with Gasteiger partial charge in [-0.1, -0.05) is 12.1 Å². The first-order chi connectivity index (χ1) is 9.70. The van der Waals surface area contributed by atoms with Crippen LogP contribution in [0, 0.1) is 13.8 Å². The van der Waals surface area contributed by atoms with E-state index in [1.807, 2.05) is 6.92 Å². The van der Waals surface area contributed by atoms with Crippen molar-refractivity contribution in [1.82, 2.24) is 15.1 Å². The fourth-order valence-electron chi connectivity index (χ4n) is 2.58. The summed E-state index contributed by atoms with van der Waals surface area (Å²) in [5.41, 5.74) is 2.67. The molecule has 20 heavy (non-hydrogen) atoms. The van der Waals surface area contributed by atoms with Gasteiger partial charge in [-0.15, -0.1) is 21.5 Å². The standard InChI is InChI=1S/C15H20N4S/c1-12-4-3-5-14(10-12)19-8-6-18(7-9-19)11-15-17-16-13(2)20-15/h3-5,10H,6-9,11H2,1-2H3. The van der Waals surface area contributed by atoms with Crippen molar-refractivity contribution >= 4 is 17.0 Å². The Hall–Kier alpha value is -1.46. The smallest absolute Gasteiger partial charge is 0.131 e. The highest BCUT2D eigenvalue weighted by atomic mass is 32.1. The number of aromatic nitrogens is 2. The molecule has 3 rings (SSSR count). The number of hydrogen-bond donors (Lipinski definition) is 0. The molecular weight excluding hydrogens is 268 g/mol. The highest BCUT2D eigenvalue weighted by Crippen LogP contribution is 2.19. The van der Waals surface area contributed by atoms with Gasteiger partial charge < -0.3 is 4.90 Å². The summed E-state index contributed by atoms with van der Waals surface area (Å²) in [5, 5.41) is 10.5. The van der Waals surface area contributed by atoms with E-state index < -0.39 is 0 Å². The maximum Gasteiger partial charge on any atom is 0.131 e. The van der Waals surface area contributed by atoms with Crippen molar-refractivity contribution in [3.8, 4) is 0 Å². The Kier molecular flexibility index (Phi) is 3.98. The molecule has 2 aromatic rings. The Bertz CT molecular complexity index is 573. The second kappa shape index (κ2) is 5.89. The average Bonchev–Trinajstić information content (AvgIpc) is 2.85. The van der Waals surface area contributed by atoms with E-state index in [1.165, 1.54) is 11.3 Å². The van der Waals surface area contributed by atoms with Crippen LogP contribution in [0.15, 0.2) is 24.3 Å². The highest BCUT2D eigenvalue weighted by molar-refractivity contribution is 7.11. The SMILES string of the molecule is Cc1cccc(N2CCN(Cc3nnc(C)s3)CC2)c1. The van der Waals surface area contributed by atoms with Crippen molar-refractivity contribution in [2.45, 2.75) is 20.4 Å². The second-order valence-corrected chi connectivity index (χ2v) is 6.58. The molecule has 0 saturated carbocycles. The van der Waals surface area contributed by atoms with E-state index in [4.69, 9.17) is 0 Å². The van der Waals surface area contributed by atoms with E-state index in [1.54, 1.807) is 11.3 Å². The first-order valence-electron chi connectivity index (χ1n) is 7.04. The summed E-state index contributed by atoms with van der Waals surface area (Å²) in [4.78, 5) is 4.93. The van der Waals surface area contributed by atoms with Crippen LogP contribution in [-0.2, 0) is 6.54 Å². The summed E-state index contributed by atoms with van der Waals surface area (Å²) in [6.45, 7) is 9.45. The third kappa shape index (κ3) is 3.16. The summed E-state index contributed by atoms with van der Waals surface area (Å²) in [7, 11) is 0. The quantitative estimate of drug-likeness (QED) is 0.868. The second-order valence-electron chi connectivity index (χ2n) is 5.32. The molecule has 0 spiro atoms. The number of piperazine rings is 1. The van der Waals surface area contributed by atoms with Crippen molar-refractivity contribution < 1.29 is 0 Å². The minimum absolute atomic E-state index is 0.938. The topological polar surface area (TPSA) is 32.3 Å². The molecule has 0 amide bonds. The normalized spacial score (nSPS) is 16.6. The highest BCUT2D eigenvalue weighted by Gasteiger charge is 2.18. The zero-order valence-corrected chi connectivity index (χ0v) is 12.9. The van der Waals surface area contributed by atoms with Gasteiger partial charge >= 0.3 is 0 Å². The largest absolute Gasteiger partial charge is 0.369 e. The van der Waals surface area contributed by atoms with E-state index in [0.29, 0.717) is 0 Å². The van der Waals surface area contributed by atoms with Crippen LogP contribution in [0.2, 0.25) is 0 Å². The first-order valence-corrected chi connectivity index (χ1v) is 7.85. The number of anilines is 1. The van der Waals surface area contributed by atoms with Crippen molar-refractivity contribution in [2.75, 3.05) is 31.1 Å². The monoisotopic (exact) mass is 288 g/mol. The lowest BCUT2D eigenvalue weighted by molar-refractivity contribution is 0.249. The van der Waals surface area contributed by atoms with Crippen LogP contribution in [0.5, 0.6) is 0 Å². The average molecular weight is 288 g/mol. The molecule has 1 saturated heterocycles. The fourth-order valence-corrected chi connectivity index (χ4v) is 3.33. The van der Waals surface area contributed by atoms with Crippen LogP contribution < -0.4 is 4.90 Å². The molecule has 1 aliphatic heterocycles. The van der Waals surface area contributed by atoms with Gasteiger partial charge in [0.05, 0.1) is 6.54 Å². The Balaban J connectivity index is 1.57. The number of hydrogen-bond acceptors (Lipinski definition) is 5. The van der Waals surface area contributed by atoms with E-state index >= 15 is 0 Å². The summed E-state index contributed by atoms with van der Waals surface area (Å²) in [5.74, 6) is 0. The third-order valence-electron chi connectivity index (χ3n) is 3.67. The molecule has 1 aromatic carbocycles.